The van der Waals surface area contributed by atoms with E-state index in [1.807, 2.05) is 0 Å². The Balaban J connectivity index is 2.26. The highest BCUT2D eigenvalue weighted by Gasteiger charge is 2.13. The molecule has 0 atom stereocenters. The lowest BCUT2D eigenvalue weighted by Gasteiger charge is -2.11. The van der Waals surface area contributed by atoms with Gasteiger partial charge in [-0.2, -0.15) is 0 Å². The minimum Gasteiger partial charge on any atom is -0.366 e. The molecule has 0 aromatic heterocycles. The van der Waals surface area contributed by atoms with E-state index in [1.165, 1.54) is 12.1 Å². The third-order valence-electron chi connectivity index (χ3n) is 3.28. The fraction of sp³-hybridized carbons (Fsp3) is 0.125. The van der Waals surface area contributed by atoms with E-state index in [-0.39, 0.29) is 11.3 Å². The number of sulfonamides is 1. The topological polar surface area (TPSA) is 118 Å². The summed E-state index contributed by atoms with van der Waals surface area (Å²) < 4.78 is 24.8. The van der Waals surface area contributed by atoms with Crippen molar-refractivity contribution < 1.29 is 18.0 Å². The largest absolute Gasteiger partial charge is 0.366 e. The molecule has 2 aromatic carbocycles. The van der Waals surface area contributed by atoms with E-state index in [9.17, 15) is 18.0 Å². The maximum atomic E-state index is 12.4. The lowest BCUT2D eigenvalue weighted by molar-refractivity contribution is 0.0995. The Labute approximate surface area is 139 Å². The van der Waals surface area contributed by atoms with Gasteiger partial charge in [-0.3, -0.25) is 14.3 Å². The van der Waals surface area contributed by atoms with E-state index >= 15 is 0 Å². The van der Waals surface area contributed by atoms with Crippen LogP contribution >= 0.6 is 0 Å². The van der Waals surface area contributed by atoms with Crippen LogP contribution in [-0.4, -0.2) is 26.5 Å². The minimum absolute atomic E-state index is 0.271. The second-order valence-corrected chi connectivity index (χ2v) is 7.00. The van der Waals surface area contributed by atoms with E-state index in [0.29, 0.717) is 16.8 Å². The van der Waals surface area contributed by atoms with Gasteiger partial charge in [-0.1, -0.05) is 12.1 Å². The first kappa shape index (κ1) is 17.5. The maximum Gasteiger partial charge on any atom is 0.255 e. The molecule has 2 rings (SSSR count). The first-order valence-electron chi connectivity index (χ1n) is 6.96. The van der Waals surface area contributed by atoms with Crippen LogP contribution in [-0.2, 0) is 10.0 Å². The quantitative estimate of drug-likeness (QED) is 0.763. The average molecular weight is 347 g/mol. The molecule has 0 radical (unpaired) electrons. The summed E-state index contributed by atoms with van der Waals surface area (Å²) in [6, 6.07) is 10.9. The minimum atomic E-state index is -3.43. The molecule has 0 bridgehead atoms. The number of amides is 2. The van der Waals surface area contributed by atoms with Gasteiger partial charge in [0.1, 0.15) is 0 Å². The van der Waals surface area contributed by atoms with E-state index in [1.54, 1.807) is 37.3 Å². The van der Waals surface area contributed by atoms with E-state index in [0.717, 1.165) is 6.26 Å². The first-order valence-corrected chi connectivity index (χ1v) is 8.85. The van der Waals surface area contributed by atoms with Crippen LogP contribution in [0.4, 0.5) is 11.4 Å². The van der Waals surface area contributed by atoms with Crippen molar-refractivity contribution in [2.75, 3.05) is 16.3 Å². The molecule has 0 saturated heterocycles. The highest BCUT2D eigenvalue weighted by Crippen LogP contribution is 2.20. The van der Waals surface area contributed by atoms with Crippen LogP contribution in [0.3, 0.4) is 0 Å². The molecule has 0 aliphatic carbocycles. The van der Waals surface area contributed by atoms with Crippen molar-refractivity contribution in [3.8, 4) is 0 Å². The van der Waals surface area contributed by atoms with Crippen molar-refractivity contribution in [1.82, 2.24) is 0 Å². The molecule has 0 heterocycles. The predicted octanol–water partition coefficient (Wildman–Crippen LogP) is 1.72. The molecule has 0 aliphatic rings. The number of primary amides is 1. The highest BCUT2D eigenvalue weighted by molar-refractivity contribution is 7.92. The molecule has 24 heavy (non-hydrogen) atoms. The predicted molar refractivity (Wildman–Crippen MR) is 92.6 cm³/mol. The van der Waals surface area contributed by atoms with Crippen molar-refractivity contribution in [2.45, 2.75) is 6.92 Å². The van der Waals surface area contributed by atoms with Crippen LogP contribution in [0.2, 0.25) is 0 Å². The number of rotatable bonds is 5. The second kappa shape index (κ2) is 6.71. The van der Waals surface area contributed by atoms with E-state index in [2.05, 4.69) is 10.0 Å². The molecule has 126 valence electrons. The zero-order valence-electron chi connectivity index (χ0n) is 13.2. The van der Waals surface area contributed by atoms with Gasteiger partial charge in [0.25, 0.3) is 5.91 Å². The molecule has 7 nitrogen and oxygen atoms in total. The summed E-state index contributed by atoms with van der Waals surface area (Å²) in [5, 5.41) is 2.69. The number of anilines is 2. The zero-order chi connectivity index (χ0) is 17.9. The van der Waals surface area contributed by atoms with Crippen LogP contribution in [0.5, 0.6) is 0 Å². The van der Waals surface area contributed by atoms with E-state index < -0.39 is 21.8 Å². The van der Waals surface area contributed by atoms with Crippen molar-refractivity contribution in [1.29, 1.82) is 0 Å². The summed E-state index contributed by atoms with van der Waals surface area (Å²) >= 11 is 0. The number of hydrogen-bond acceptors (Lipinski definition) is 4. The molecule has 8 heteroatoms. The Bertz CT molecular complexity index is 907. The fourth-order valence-electron chi connectivity index (χ4n) is 2.17. The number of carbonyl (C=O) groups excluding carboxylic acids is 2. The average Bonchev–Trinajstić information content (AvgIpc) is 2.47. The Morgan fingerprint density at radius 2 is 1.75 bits per heavy atom. The number of hydrogen-bond donors (Lipinski definition) is 3. The molecular weight excluding hydrogens is 330 g/mol. The summed E-state index contributed by atoms with van der Waals surface area (Å²) in [5.41, 5.74) is 7.18. The van der Waals surface area contributed by atoms with Crippen LogP contribution < -0.4 is 15.8 Å². The smallest absolute Gasteiger partial charge is 0.255 e. The van der Waals surface area contributed by atoms with Crippen molar-refractivity contribution in [3.63, 3.8) is 0 Å². The van der Waals surface area contributed by atoms with Gasteiger partial charge >= 0.3 is 0 Å². The molecular formula is C16H17N3O4S. The number of nitrogens with two attached hydrogens (primary N) is 1. The Kier molecular flexibility index (Phi) is 4.89. The molecule has 0 unspecified atom stereocenters. The summed E-state index contributed by atoms with van der Waals surface area (Å²) in [5.74, 6) is -1.01. The summed E-state index contributed by atoms with van der Waals surface area (Å²) in [4.78, 5) is 23.7. The first-order chi connectivity index (χ1) is 11.2. The van der Waals surface area contributed by atoms with Gasteiger partial charge in [0.2, 0.25) is 15.9 Å². The molecule has 0 aliphatic heterocycles. The second-order valence-electron chi connectivity index (χ2n) is 5.25. The van der Waals surface area contributed by atoms with Crippen molar-refractivity contribution in [2.24, 2.45) is 5.73 Å². The van der Waals surface area contributed by atoms with Crippen molar-refractivity contribution in [3.05, 3.63) is 59.2 Å². The molecule has 2 aromatic rings. The van der Waals surface area contributed by atoms with Crippen LogP contribution in [0.25, 0.3) is 0 Å². The molecule has 2 amide bonds. The number of nitrogens with one attached hydrogen (secondary N) is 2. The molecule has 0 saturated carbocycles. The lowest BCUT2D eigenvalue weighted by atomic mass is 10.1. The van der Waals surface area contributed by atoms with Gasteiger partial charge < -0.3 is 11.1 Å². The number of carbonyl (C=O) groups is 2. The van der Waals surface area contributed by atoms with Crippen LogP contribution in [0.1, 0.15) is 26.3 Å². The van der Waals surface area contributed by atoms with E-state index in [4.69, 9.17) is 5.73 Å². The zero-order valence-corrected chi connectivity index (χ0v) is 14.0. The Hall–Kier alpha value is -2.87. The van der Waals surface area contributed by atoms with Gasteiger partial charge in [-0.25, -0.2) is 8.42 Å². The standard InChI is InChI=1S/C16H17N3O4S/c1-10-13(15(17)20)7-4-8-14(10)18-16(21)11-5-3-6-12(9-11)19-24(2,22)23/h3-9,19H,1-2H3,(H2,17,20)(H,18,21). The normalized spacial score (nSPS) is 10.9. The van der Waals surface area contributed by atoms with Gasteiger partial charge in [0.15, 0.2) is 0 Å². The molecule has 0 spiro atoms. The SMILES string of the molecule is Cc1c(NC(=O)c2cccc(NS(C)(=O)=O)c2)cccc1C(N)=O. The third-order valence-corrected chi connectivity index (χ3v) is 3.88. The van der Waals surface area contributed by atoms with Gasteiger partial charge in [0.05, 0.1) is 6.26 Å². The van der Waals surface area contributed by atoms with Crippen LogP contribution in [0, 0.1) is 6.92 Å². The van der Waals surface area contributed by atoms with Crippen molar-refractivity contribution >= 4 is 33.2 Å². The Morgan fingerprint density at radius 1 is 1.08 bits per heavy atom. The maximum absolute atomic E-state index is 12.4. The monoisotopic (exact) mass is 347 g/mol. The highest BCUT2D eigenvalue weighted by atomic mass is 32.2. The van der Waals surface area contributed by atoms with Gasteiger partial charge in [-0.15, -0.1) is 0 Å². The van der Waals surface area contributed by atoms with Crippen LogP contribution in [0.15, 0.2) is 42.5 Å². The summed E-state index contributed by atoms with van der Waals surface area (Å²) in [6.45, 7) is 1.68. The van der Waals surface area contributed by atoms with Gasteiger partial charge in [0, 0.05) is 22.5 Å². The fourth-order valence-corrected chi connectivity index (χ4v) is 2.73. The summed E-state index contributed by atoms with van der Waals surface area (Å²) in [7, 11) is -3.43. The third kappa shape index (κ3) is 4.32. The molecule has 0 fully saturated rings. The molecule has 4 N–H and O–H groups in total. The van der Waals surface area contributed by atoms with Gasteiger partial charge in [-0.05, 0) is 42.8 Å². The lowest BCUT2D eigenvalue weighted by Crippen LogP contribution is -2.17. The Morgan fingerprint density at radius 3 is 2.38 bits per heavy atom. The summed E-state index contributed by atoms with van der Waals surface area (Å²) in [6.07, 6.45) is 1.03. The number of benzene rings is 2.